The maximum Gasteiger partial charge on any atom is 0.243 e. The smallest absolute Gasteiger partial charge is 0.243 e. The van der Waals surface area contributed by atoms with Gasteiger partial charge in [-0.05, 0) is 43.1 Å². The Kier molecular flexibility index (Phi) is 4.84. The average molecular weight is 303 g/mol. The van der Waals surface area contributed by atoms with E-state index < -0.39 is 10.0 Å². The third-order valence-corrected chi connectivity index (χ3v) is 5.55. The standard InChI is InChI=1S/C13H19ClN2O2S/c1-2-15-10-11-9-12(5-6-13(11)14)19(17,18)16-7-3-4-8-16/h5-6,9,15H,2-4,7-8,10H2,1H3. The van der Waals surface area contributed by atoms with Crippen LogP contribution in [0.4, 0.5) is 0 Å². The van der Waals surface area contributed by atoms with E-state index in [1.165, 1.54) is 0 Å². The molecule has 1 aliphatic heterocycles. The van der Waals surface area contributed by atoms with Crippen LogP contribution in [0.2, 0.25) is 5.02 Å². The molecule has 0 atom stereocenters. The van der Waals surface area contributed by atoms with Gasteiger partial charge in [0.05, 0.1) is 4.90 Å². The number of nitrogens with one attached hydrogen (secondary N) is 1. The molecule has 1 aromatic rings. The molecule has 1 heterocycles. The molecule has 1 fully saturated rings. The monoisotopic (exact) mass is 302 g/mol. The van der Waals surface area contributed by atoms with Gasteiger partial charge in [0.2, 0.25) is 10.0 Å². The summed E-state index contributed by atoms with van der Waals surface area (Å²) in [7, 11) is -3.36. The van der Waals surface area contributed by atoms with Crippen molar-refractivity contribution in [3.63, 3.8) is 0 Å². The summed E-state index contributed by atoms with van der Waals surface area (Å²) in [6, 6.07) is 4.93. The van der Waals surface area contributed by atoms with Crippen LogP contribution in [-0.4, -0.2) is 32.4 Å². The lowest BCUT2D eigenvalue weighted by Gasteiger charge is -2.16. The minimum atomic E-state index is -3.36. The molecule has 106 valence electrons. The fourth-order valence-corrected chi connectivity index (χ4v) is 3.94. The Bertz CT molecular complexity index is 540. The van der Waals surface area contributed by atoms with Gasteiger partial charge in [-0.25, -0.2) is 8.42 Å². The van der Waals surface area contributed by atoms with E-state index in [1.807, 2.05) is 6.92 Å². The fraction of sp³-hybridized carbons (Fsp3) is 0.538. The molecule has 6 heteroatoms. The molecule has 1 saturated heterocycles. The van der Waals surface area contributed by atoms with E-state index in [0.29, 0.717) is 29.6 Å². The maximum absolute atomic E-state index is 12.4. The van der Waals surface area contributed by atoms with Crippen molar-refractivity contribution in [1.82, 2.24) is 9.62 Å². The zero-order valence-corrected chi connectivity index (χ0v) is 12.6. The molecule has 0 saturated carbocycles. The van der Waals surface area contributed by atoms with Gasteiger partial charge < -0.3 is 5.32 Å². The number of halogens is 1. The number of hydrogen-bond acceptors (Lipinski definition) is 3. The quantitative estimate of drug-likeness (QED) is 0.907. The summed E-state index contributed by atoms with van der Waals surface area (Å²) in [5.41, 5.74) is 0.823. The lowest BCUT2D eigenvalue weighted by atomic mass is 10.2. The summed E-state index contributed by atoms with van der Waals surface area (Å²) in [5.74, 6) is 0. The van der Waals surface area contributed by atoms with Crippen LogP contribution >= 0.6 is 11.6 Å². The van der Waals surface area contributed by atoms with E-state index in [-0.39, 0.29) is 0 Å². The molecule has 0 spiro atoms. The molecule has 0 amide bonds. The highest BCUT2D eigenvalue weighted by Crippen LogP contribution is 2.25. The van der Waals surface area contributed by atoms with Gasteiger partial charge in [-0.3, -0.25) is 0 Å². The molecular formula is C13H19ClN2O2S. The zero-order chi connectivity index (χ0) is 13.9. The van der Waals surface area contributed by atoms with Crippen LogP contribution in [0.25, 0.3) is 0 Å². The second-order valence-electron chi connectivity index (χ2n) is 4.64. The second-order valence-corrected chi connectivity index (χ2v) is 6.99. The van der Waals surface area contributed by atoms with Crippen molar-refractivity contribution in [2.45, 2.75) is 31.2 Å². The van der Waals surface area contributed by atoms with Crippen molar-refractivity contribution in [1.29, 1.82) is 0 Å². The van der Waals surface area contributed by atoms with Gasteiger partial charge >= 0.3 is 0 Å². The molecule has 2 rings (SSSR count). The SMILES string of the molecule is CCNCc1cc(S(=O)(=O)N2CCCC2)ccc1Cl. The van der Waals surface area contributed by atoms with Crippen molar-refractivity contribution >= 4 is 21.6 Å². The van der Waals surface area contributed by atoms with Crippen LogP contribution in [0.3, 0.4) is 0 Å². The van der Waals surface area contributed by atoms with E-state index in [9.17, 15) is 8.42 Å². The van der Waals surface area contributed by atoms with Crippen molar-refractivity contribution in [2.24, 2.45) is 0 Å². The third-order valence-electron chi connectivity index (χ3n) is 3.29. The molecule has 4 nitrogen and oxygen atoms in total. The molecule has 0 aliphatic carbocycles. The van der Waals surface area contributed by atoms with Crippen molar-refractivity contribution in [3.05, 3.63) is 28.8 Å². The van der Waals surface area contributed by atoms with E-state index in [1.54, 1.807) is 22.5 Å². The first-order valence-corrected chi connectivity index (χ1v) is 8.37. The summed E-state index contributed by atoms with van der Waals surface area (Å²) in [5, 5.41) is 3.76. The van der Waals surface area contributed by atoms with Gasteiger partial charge in [-0.1, -0.05) is 18.5 Å². The van der Waals surface area contributed by atoms with E-state index in [2.05, 4.69) is 5.32 Å². The molecule has 0 radical (unpaired) electrons. The van der Waals surface area contributed by atoms with Crippen molar-refractivity contribution < 1.29 is 8.42 Å². The number of sulfonamides is 1. The molecule has 0 bridgehead atoms. The van der Waals surface area contributed by atoms with E-state index >= 15 is 0 Å². The van der Waals surface area contributed by atoms with E-state index in [0.717, 1.165) is 24.9 Å². The van der Waals surface area contributed by atoms with Crippen LogP contribution in [0, 0.1) is 0 Å². The molecule has 1 aliphatic rings. The lowest BCUT2D eigenvalue weighted by Crippen LogP contribution is -2.28. The fourth-order valence-electron chi connectivity index (χ4n) is 2.18. The van der Waals surface area contributed by atoms with E-state index in [4.69, 9.17) is 11.6 Å². The largest absolute Gasteiger partial charge is 0.313 e. The van der Waals surface area contributed by atoms with Crippen LogP contribution in [0.1, 0.15) is 25.3 Å². The minimum absolute atomic E-state index is 0.340. The highest BCUT2D eigenvalue weighted by Gasteiger charge is 2.27. The number of hydrogen-bond donors (Lipinski definition) is 1. The Hall–Kier alpha value is -0.620. The topological polar surface area (TPSA) is 49.4 Å². The summed E-state index contributed by atoms with van der Waals surface area (Å²) < 4.78 is 26.4. The number of benzene rings is 1. The molecule has 0 unspecified atom stereocenters. The van der Waals surface area contributed by atoms with Gasteiger partial charge in [0, 0.05) is 24.7 Å². The first-order chi connectivity index (χ1) is 9.05. The van der Waals surface area contributed by atoms with Crippen LogP contribution in [0.15, 0.2) is 23.1 Å². The Morgan fingerprint density at radius 3 is 2.63 bits per heavy atom. The zero-order valence-electron chi connectivity index (χ0n) is 11.0. The highest BCUT2D eigenvalue weighted by atomic mass is 35.5. The van der Waals surface area contributed by atoms with Gasteiger partial charge in [-0.2, -0.15) is 4.31 Å². The van der Waals surface area contributed by atoms with Gasteiger partial charge in [0.25, 0.3) is 0 Å². The van der Waals surface area contributed by atoms with Crippen LogP contribution in [-0.2, 0) is 16.6 Å². The van der Waals surface area contributed by atoms with Crippen molar-refractivity contribution in [3.8, 4) is 0 Å². The number of nitrogens with zero attached hydrogens (tertiary/aromatic N) is 1. The first-order valence-electron chi connectivity index (χ1n) is 6.55. The maximum atomic E-state index is 12.4. The highest BCUT2D eigenvalue weighted by molar-refractivity contribution is 7.89. The van der Waals surface area contributed by atoms with Gasteiger partial charge in [0.15, 0.2) is 0 Å². The Balaban J connectivity index is 2.29. The molecule has 19 heavy (non-hydrogen) atoms. The number of rotatable bonds is 5. The predicted molar refractivity (Wildman–Crippen MR) is 76.8 cm³/mol. The van der Waals surface area contributed by atoms with Crippen LogP contribution in [0.5, 0.6) is 0 Å². The Morgan fingerprint density at radius 2 is 2.00 bits per heavy atom. The molecule has 1 aromatic carbocycles. The normalized spacial score (nSPS) is 16.9. The van der Waals surface area contributed by atoms with Crippen molar-refractivity contribution in [2.75, 3.05) is 19.6 Å². The molecule has 1 N–H and O–H groups in total. The molecular weight excluding hydrogens is 284 g/mol. The summed E-state index contributed by atoms with van der Waals surface area (Å²) in [6.07, 6.45) is 1.88. The Morgan fingerprint density at radius 1 is 1.32 bits per heavy atom. The lowest BCUT2D eigenvalue weighted by molar-refractivity contribution is 0.477. The van der Waals surface area contributed by atoms with Gasteiger partial charge in [-0.15, -0.1) is 0 Å². The minimum Gasteiger partial charge on any atom is -0.313 e. The first kappa shape index (κ1) is 14.8. The third kappa shape index (κ3) is 3.28. The second kappa shape index (κ2) is 6.22. The predicted octanol–water partition coefficient (Wildman–Crippen LogP) is 2.23. The summed E-state index contributed by atoms with van der Waals surface area (Å²) >= 11 is 6.09. The Labute approximate surface area is 119 Å². The molecule has 0 aromatic heterocycles. The summed E-state index contributed by atoms with van der Waals surface area (Å²) in [4.78, 5) is 0.340. The summed E-state index contributed by atoms with van der Waals surface area (Å²) in [6.45, 7) is 4.64. The van der Waals surface area contributed by atoms with Crippen LogP contribution < -0.4 is 5.32 Å². The average Bonchev–Trinajstić information content (AvgIpc) is 2.92. The van der Waals surface area contributed by atoms with Gasteiger partial charge in [0.1, 0.15) is 0 Å².